The van der Waals surface area contributed by atoms with Gasteiger partial charge < -0.3 is 10.6 Å². The van der Waals surface area contributed by atoms with Gasteiger partial charge in [-0.25, -0.2) is 0 Å². The van der Waals surface area contributed by atoms with E-state index in [1.54, 1.807) is 0 Å². The molecule has 1 amide bonds. The number of carbonyl (C=O) groups excluding carboxylic acids is 1. The molecule has 3 nitrogen and oxygen atoms in total. The Labute approximate surface area is 106 Å². The molecule has 0 aromatic rings. The lowest BCUT2D eigenvalue weighted by Crippen LogP contribution is -2.41. The predicted molar refractivity (Wildman–Crippen MR) is 71.8 cm³/mol. The smallest absolute Gasteiger partial charge is 0.222 e. The van der Waals surface area contributed by atoms with E-state index in [-0.39, 0.29) is 5.54 Å². The fourth-order valence-corrected chi connectivity index (χ4v) is 2.50. The predicted octanol–water partition coefficient (Wildman–Crippen LogP) is 2.69. The van der Waals surface area contributed by atoms with E-state index in [2.05, 4.69) is 11.8 Å². The summed E-state index contributed by atoms with van der Waals surface area (Å²) in [5.74, 6) is 0.303. The van der Waals surface area contributed by atoms with Crippen molar-refractivity contribution < 1.29 is 4.79 Å². The Bertz CT molecular complexity index is 245. The number of hydrogen-bond acceptors (Lipinski definition) is 2. The SMILES string of the molecule is CCC1CCCCCN1C(=O)CCC(C)(C)N. The third-order valence-corrected chi connectivity index (χ3v) is 3.65. The van der Waals surface area contributed by atoms with Crippen LogP contribution in [0.4, 0.5) is 0 Å². The summed E-state index contributed by atoms with van der Waals surface area (Å²) >= 11 is 0. The highest BCUT2D eigenvalue weighted by atomic mass is 16.2. The van der Waals surface area contributed by atoms with Crippen LogP contribution < -0.4 is 5.73 Å². The monoisotopic (exact) mass is 240 g/mol. The average molecular weight is 240 g/mol. The molecule has 0 aliphatic carbocycles. The molecule has 1 unspecified atom stereocenters. The number of carbonyl (C=O) groups is 1. The Hall–Kier alpha value is -0.570. The van der Waals surface area contributed by atoms with Gasteiger partial charge in [-0.3, -0.25) is 4.79 Å². The zero-order valence-electron chi connectivity index (χ0n) is 11.7. The van der Waals surface area contributed by atoms with Crippen molar-refractivity contribution in [3.8, 4) is 0 Å². The van der Waals surface area contributed by atoms with Crippen molar-refractivity contribution >= 4 is 5.91 Å². The lowest BCUT2D eigenvalue weighted by atomic mass is 9.99. The highest BCUT2D eigenvalue weighted by molar-refractivity contribution is 5.76. The Kier molecular flexibility index (Phi) is 5.44. The van der Waals surface area contributed by atoms with Gasteiger partial charge in [-0.1, -0.05) is 19.8 Å². The van der Waals surface area contributed by atoms with E-state index in [4.69, 9.17) is 5.73 Å². The van der Waals surface area contributed by atoms with Crippen LogP contribution in [0.15, 0.2) is 0 Å². The van der Waals surface area contributed by atoms with E-state index in [1.807, 2.05) is 13.8 Å². The van der Waals surface area contributed by atoms with Crippen molar-refractivity contribution in [3.63, 3.8) is 0 Å². The van der Waals surface area contributed by atoms with Gasteiger partial charge in [0.25, 0.3) is 0 Å². The van der Waals surface area contributed by atoms with Crippen LogP contribution in [0.25, 0.3) is 0 Å². The first kappa shape index (κ1) is 14.5. The van der Waals surface area contributed by atoms with Gasteiger partial charge >= 0.3 is 0 Å². The molecule has 1 rings (SSSR count). The normalized spacial score (nSPS) is 22.4. The van der Waals surface area contributed by atoms with Gasteiger partial charge in [-0.2, -0.15) is 0 Å². The number of likely N-dealkylation sites (tertiary alicyclic amines) is 1. The molecule has 1 atom stereocenters. The van der Waals surface area contributed by atoms with Crippen LogP contribution in [0.3, 0.4) is 0 Å². The second-order valence-corrected chi connectivity index (χ2v) is 5.99. The van der Waals surface area contributed by atoms with Crippen molar-refractivity contribution in [1.29, 1.82) is 0 Å². The lowest BCUT2D eigenvalue weighted by Gasteiger charge is -2.30. The topological polar surface area (TPSA) is 46.3 Å². The fraction of sp³-hybridized carbons (Fsp3) is 0.929. The van der Waals surface area contributed by atoms with Crippen molar-refractivity contribution in [2.24, 2.45) is 5.73 Å². The van der Waals surface area contributed by atoms with Gasteiger partial charge in [-0.05, 0) is 39.5 Å². The van der Waals surface area contributed by atoms with Gasteiger partial charge in [0.2, 0.25) is 5.91 Å². The minimum absolute atomic E-state index is 0.233. The van der Waals surface area contributed by atoms with Crippen molar-refractivity contribution in [1.82, 2.24) is 4.90 Å². The van der Waals surface area contributed by atoms with Gasteiger partial charge in [-0.15, -0.1) is 0 Å². The molecular weight excluding hydrogens is 212 g/mol. The highest BCUT2D eigenvalue weighted by Crippen LogP contribution is 2.21. The lowest BCUT2D eigenvalue weighted by molar-refractivity contribution is -0.133. The van der Waals surface area contributed by atoms with Crippen LogP contribution in [-0.4, -0.2) is 28.9 Å². The van der Waals surface area contributed by atoms with Gasteiger partial charge in [0.05, 0.1) is 0 Å². The number of nitrogens with zero attached hydrogens (tertiary/aromatic N) is 1. The van der Waals surface area contributed by atoms with Crippen molar-refractivity contribution in [3.05, 3.63) is 0 Å². The summed E-state index contributed by atoms with van der Waals surface area (Å²) in [5, 5.41) is 0. The van der Waals surface area contributed by atoms with Gasteiger partial charge in [0.15, 0.2) is 0 Å². The fourth-order valence-electron chi connectivity index (χ4n) is 2.50. The van der Waals surface area contributed by atoms with Crippen molar-refractivity contribution in [2.45, 2.75) is 77.3 Å². The van der Waals surface area contributed by atoms with Crippen LogP contribution in [0.2, 0.25) is 0 Å². The Morgan fingerprint density at radius 1 is 1.35 bits per heavy atom. The summed E-state index contributed by atoms with van der Waals surface area (Å²) in [7, 11) is 0. The maximum atomic E-state index is 12.2. The number of hydrogen-bond donors (Lipinski definition) is 1. The van der Waals surface area contributed by atoms with Crippen LogP contribution in [0, 0.1) is 0 Å². The molecule has 0 bridgehead atoms. The quantitative estimate of drug-likeness (QED) is 0.821. The molecular formula is C14H28N2O. The van der Waals surface area contributed by atoms with E-state index in [0.717, 1.165) is 25.8 Å². The molecule has 0 spiro atoms. The largest absolute Gasteiger partial charge is 0.340 e. The third-order valence-electron chi connectivity index (χ3n) is 3.65. The van der Waals surface area contributed by atoms with Gasteiger partial charge in [0.1, 0.15) is 0 Å². The average Bonchev–Trinajstić information content (AvgIpc) is 2.49. The van der Waals surface area contributed by atoms with Crippen LogP contribution in [-0.2, 0) is 4.79 Å². The first-order valence-electron chi connectivity index (χ1n) is 7.02. The second kappa shape index (κ2) is 6.39. The summed E-state index contributed by atoms with van der Waals surface area (Å²) in [6.45, 7) is 7.10. The zero-order chi connectivity index (χ0) is 12.9. The Morgan fingerprint density at radius 2 is 2.06 bits per heavy atom. The van der Waals surface area contributed by atoms with Crippen LogP contribution in [0.5, 0.6) is 0 Å². The summed E-state index contributed by atoms with van der Waals surface area (Å²) in [4.78, 5) is 14.3. The molecule has 1 saturated heterocycles. The molecule has 0 aromatic carbocycles. The van der Waals surface area contributed by atoms with Crippen LogP contribution in [0.1, 0.15) is 65.7 Å². The zero-order valence-corrected chi connectivity index (χ0v) is 11.7. The Balaban J connectivity index is 2.52. The van der Waals surface area contributed by atoms with E-state index in [9.17, 15) is 4.79 Å². The molecule has 1 aliphatic rings. The summed E-state index contributed by atoms with van der Waals surface area (Å²) in [6, 6.07) is 0.464. The molecule has 100 valence electrons. The van der Waals surface area contributed by atoms with Crippen molar-refractivity contribution in [2.75, 3.05) is 6.54 Å². The van der Waals surface area contributed by atoms with E-state index in [1.165, 1.54) is 19.3 Å². The molecule has 1 heterocycles. The minimum Gasteiger partial charge on any atom is -0.340 e. The maximum Gasteiger partial charge on any atom is 0.222 e. The highest BCUT2D eigenvalue weighted by Gasteiger charge is 2.24. The second-order valence-electron chi connectivity index (χ2n) is 5.99. The molecule has 2 N–H and O–H groups in total. The molecule has 17 heavy (non-hydrogen) atoms. The molecule has 1 fully saturated rings. The minimum atomic E-state index is -0.233. The van der Waals surface area contributed by atoms with Gasteiger partial charge in [0, 0.05) is 24.5 Å². The summed E-state index contributed by atoms with van der Waals surface area (Å²) in [6.07, 6.45) is 7.33. The molecule has 0 radical (unpaired) electrons. The van der Waals surface area contributed by atoms with E-state index >= 15 is 0 Å². The maximum absolute atomic E-state index is 12.2. The third kappa shape index (κ3) is 5.07. The first-order valence-corrected chi connectivity index (χ1v) is 7.02. The molecule has 1 aliphatic heterocycles. The van der Waals surface area contributed by atoms with E-state index in [0.29, 0.717) is 18.4 Å². The van der Waals surface area contributed by atoms with Crippen LogP contribution >= 0.6 is 0 Å². The standard InChI is InChI=1S/C14H28N2O/c1-4-12-8-6-5-7-11-16(12)13(17)9-10-14(2,3)15/h12H,4-11,15H2,1-3H3. The van der Waals surface area contributed by atoms with E-state index < -0.39 is 0 Å². The summed E-state index contributed by atoms with van der Waals surface area (Å²) < 4.78 is 0. The number of rotatable bonds is 4. The number of amides is 1. The first-order chi connectivity index (χ1) is 7.94. The Morgan fingerprint density at radius 3 is 2.65 bits per heavy atom. The molecule has 3 heteroatoms. The molecule has 0 aromatic heterocycles. The summed E-state index contributed by atoms with van der Waals surface area (Å²) in [5.41, 5.74) is 5.71. The molecule has 0 saturated carbocycles. The number of nitrogens with two attached hydrogens (primary N) is 1.